The Morgan fingerprint density at radius 3 is 2.59 bits per heavy atom. The maximum Gasteiger partial charge on any atom is 0.191 e. The Kier molecular flexibility index (Phi) is 6.96. The number of nitrogens with zero attached hydrogens (tertiary/aromatic N) is 3. The Morgan fingerprint density at radius 1 is 1.15 bits per heavy atom. The van der Waals surface area contributed by atoms with Gasteiger partial charge in [-0.2, -0.15) is 0 Å². The van der Waals surface area contributed by atoms with Gasteiger partial charge in [0.1, 0.15) is 0 Å². The van der Waals surface area contributed by atoms with E-state index in [2.05, 4.69) is 69.6 Å². The minimum atomic E-state index is 0.0822. The number of ether oxygens (including phenoxy) is 1. The van der Waals surface area contributed by atoms with Gasteiger partial charge in [-0.05, 0) is 38.3 Å². The lowest BCUT2D eigenvalue weighted by atomic mass is 10.0. The van der Waals surface area contributed by atoms with Crippen LogP contribution in [-0.2, 0) is 4.74 Å². The Bertz CT molecular complexity index is 598. The molecular weight excluding hydrogens is 338 g/mol. The van der Waals surface area contributed by atoms with Gasteiger partial charge in [-0.1, -0.05) is 18.2 Å². The van der Waals surface area contributed by atoms with Crippen LogP contribution in [0, 0.1) is 5.92 Å². The van der Waals surface area contributed by atoms with E-state index in [1.54, 1.807) is 0 Å². The predicted octanol–water partition coefficient (Wildman–Crippen LogP) is 1.79. The van der Waals surface area contributed by atoms with E-state index in [9.17, 15) is 0 Å². The van der Waals surface area contributed by atoms with Gasteiger partial charge < -0.3 is 20.3 Å². The molecule has 1 atom stereocenters. The summed E-state index contributed by atoms with van der Waals surface area (Å²) in [4.78, 5) is 9.38. The fraction of sp³-hybridized carbons (Fsp3) is 0.667. The summed E-state index contributed by atoms with van der Waals surface area (Å²) < 4.78 is 5.48. The molecule has 27 heavy (non-hydrogen) atoms. The van der Waals surface area contributed by atoms with E-state index in [-0.39, 0.29) is 5.54 Å². The number of hydrogen-bond donors (Lipinski definition) is 2. The first-order valence-corrected chi connectivity index (χ1v) is 10.2. The molecule has 2 aliphatic heterocycles. The number of morpholine rings is 1. The van der Waals surface area contributed by atoms with Crippen molar-refractivity contribution in [2.45, 2.75) is 25.8 Å². The van der Waals surface area contributed by atoms with Crippen molar-refractivity contribution < 1.29 is 4.74 Å². The van der Waals surface area contributed by atoms with Crippen molar-refractivity contribution in [3.63, 3.8) is 0 Å². The highest BCUT2D eigenvalue weighted by Crippen LogP contribution is 2.23. The van der Waals surface area contributed by atoms with Crippen LogP contribution in [-0.4, -0.2) is 75.9 Å². The number of anilines is 1. The Labute approximate surface area is 164 Å². The lowest BCUT2D eigenvalue weighted by molar-refractivity contribution is -0.00834. The van der Waals surface area contributed by atoms with E-state index in [1.165, 1.54) is 12.1 Å². The Hall–Kier alpha value is -1.79. The molecule has 0 aliphatic carbocycles. The van der Waals surface area contributed by atoms with Crippen LogP contribution in [0.5, 0.6) is 0 Å². The van der Waals surface area contributed by atoms with Gasteiger partial charge >= 0.3 is 0 Å². The Balaban J connectivity index is 1.42. The van der Waals surface area contributed by atoms with Crippen LogP contribution in [0.2, 0.25) is 0 Å². The van der Waals surface area contributed by atoms with Crippen molar-refractivity contribution in [1.82, 2.24) is 15.5 Å². The molecule has 1 aromatic rings. The molecule has 1 unspecified atom stereocenters. The number of hydrogen-bond acceptors (Lipinski definition) is 4. The van der Waals surface area contributed by atoms with Gasteiger partial charge in [0.25, 0.3) is 0 Å². The van der Waals surface area contributed by atoms with Crippen molar-refractivity contribution in [1.29, 1.82) is 0 Å². The van der Waals surface area contributed by atoms with Crippen LogP contribution in [0.15, 0.2) is 35.3 Å². The lowest BCUT2D eigenvalue weighted by Gasteiger charge is -2.41. The molecule has 0 bridgehead atoms. The number of nitrogens with one attached hydrogen (secondary N) is 2. The fourth-order valence-electron chi connectivity index (χ4n) is 3.91. The number of benzene rings is 1. The summed E-state index contributed by atoms with van der Waals surface area (Å²) in [6.07, 6.45) is 1.22. The van der Waals surface area contributed by atoms with Gasteiger partial charge in [0, 0.05) is 57.5 Å². The quantitative estimate of drug-likeness (QED) is 0.588. The van der Waals surface area contributed by atoms with Crippen molar-refractivity contribution in [2.24, 2.45) is 10.9 Å². The normalized spacial score (nSPS) is 22.1. The molecule has 0 radical (unpaired) electrons. The third-order valence-electron chi connectivity index (χ3n) is 5.74. The second-order valence-electron chi connectivity index (χ2n) is 8.15. The van der Waals surface area contributed by atoms with Crippen molar-refractivity contribution in [3.05, 3.63) is 30.3 Å². The first-order valence-electron chi connectivity index (χ1n) is 10.2. The maximum absolute atomic E-state index is 5.48. The summed E-state index contributed by atoms with van der Waals surface area (Å²) in [6, 6.07) is 10.7. The molecule has 6 nitrogen and oxygen atoms in total. The molecule has 150 valence electrons. The summed E-state index contributed by atoms with van der Waals surface area (Å²) in [7, 11) is 1.85. The molecule has 2 heterocycles. The average molecular weight is 374 g/mol. The van der Waals surface area contributed by atoms with Crippen LogP contribution >= 0.6 is 0 Å². The van der Waals surface area contributed by atoms with Gasteiger partial charge in [0.2, 0.25) is 0 Å². The van der Waals surface area contributed by atoms with E-state index in [4.69, 9.17) is 4.74 Å². The van der Waals surface area contributed by atoms with Crippen LogP contribution in [0.1, 0.15) is 20.3 Å². The fourth-order valence-corrected chi connectivity index (χ4v) is 3.91. The Morgan fingerprint density at radius 2 is 1.89 bits per heavy atom. The zero-order chi connectivity index (χ0) is 19.1. The van der Waals surface area contributed by atoms with E-state index in [1.807, 2.05) is 7.05 Å². The minimum Gasteiger partial charge on any atom is -0.379 e. The van der Waals surface area contributed by atoms with Crippen molar-refractivity contribution in [2.75, 3.05) is 64.4 Å². The topological polar surface area (TPSA) is 52.1 Å². The summed E-state index contributed by atoms with van der Waals surface area (Å²) in [5, 5.41) is 7.04. The van der Waals surface area contributed by atoms with E-state index < -0.39 is 0 Å². The molecule has 0 aromatic heterocycles. The van der Waals surface area contributed by atoms with Crippen molar-refractivity contribution >= 4 is 11.6 Å². The minimum absolute atomic E-state index is 0.0822. The molecule has 0 spiro atoms. The number of aliphatic imine (C=N–C) groups is 1. The van der Waals surface area contributed by atoms with E-state index >= 15 is 0 Å². The van der Waals surface area contributed by atoms with Gasteiger partial charge in [0.05, 0.1) is 13.2 Å². The molecular formula is C21H35N5O. The molecule has 1 aromatic carbocycles. The molecule has 3 rings (SSSR count). The monoisotopic (exact) mass is 373 g/mol. The summed E-state index contributed by atoms with van der Waals surface area (Å²) in [6.45, 7) is 12.3. The van der Waals surface area contributed by atoms with Gasteiger partial charge in [-0.25, -0.2) is 0 Å². The van der Waals surface area contributed by atoms with Gasteiger partial charge in [-0.3, -0.25) is 9.89 Å². The molecule has 2 aliphatic rings. The first-order chi connectivity index (χ1) is 13.1. The summed E-state index contributed by atoms with van der Waals surface area (Å²) in [5.74, 6) is 1.55. The number of rotatable bonds is 6. The SMILES string of the molecule is CN=C(NCC1CCN(c2ccccc2)C1)NCC(C)(C)N1CCOCC1. The second-order valence-corrected chi connectivity index (χ2v) is 8.15. The second kappa shape index (κ2) is 9.42. The molecule has 2 saturated heterocycles. The zero-order valence-electron chi connectivity index (χ0n) is 17.1. The van der Waals surface area contributed by atoms with E-state index in [0.717, 1.165) is 58.4 Å². The molecule has 0 saturated carbocycles. The smallest absolute Gasteiger partial charge is 0.191 e. The average Bonchev–Trinajstić information content (AvgIpc) is 3.18. The summed E-state index contributed by atoms with van der Waals surface area (Å²) in [5.41, 5.74) is 1.41. The van der Waals surface area contributed by atoms with Crippen molar-refractivity contribution in [3.8, 4) is 0 Å². The van der Waals surface area contributed by atoms with Crippen LogP contribution in [0.3, 0.4) is 0 Å². The number of guanidine groups is 1. The third-order valence-corrected chi connectivity index (χ3v) is 5.74. The van der Waals surface area contributed by atoms with Crippen LogP contribution in [0.25, 0.3) is 0 Å². The van der Waals surface area contributed by atoms with Crippen LogP contribution < -0.4 is 15.5 Å². The molecule has 2 fully saturated rings. The highest BCUT2D eigenvalue weighted by atomic mass is 16.5. The zero-order valence-corrected chi connectivity index (χ0v) is 17.1. The number of para-hydroxylation sites is 1. The van der Waals surface area contributed by atoms with Gasteiger partial charge in [0.15, 0.2) is 5.96 Å². The summed E-state index contributed by atoms with van der Waals surface area (Å²) >= 11 is 0. The standard InChI is InChI=1S/C21H35N5O/c1-21(2,26-11-13-27-14-12-26)17-24-20(22-3)23-15-18-9-10-25(16-18)19-7-5-4-6-8-19/h4-8,18H,9-17H2,1-3H3,(H2,22,23,24). The lowest BCUT2D eigenvalue weighted by Crippen LogP contribution is -2.56. The van der Waals surface area contributed by atoms with E-state index in [0.29, 0.717) is 5.92 Å². The highest BCUT2D eigenvalue weighted by Gasteiger charge is 2.28. The largest absolute Gasteiger partial charge is 0.379 e. The third kappa shape index (κ3) is 5.59. The molecule has 0 amide bonds. The maximum atomic E-state index is 5.48. The predicted molar refractivity (Wildman–Crippen MR) is 113 cm³/mol. The highest BCUT2D eigenvalue weighted by molar-refractivity contribution is 5.79. The van der Waals surface area contributed by atoms with Gasteiger partial charge in [-0.15, -0.1) is 0 Å². The molecule has 6 heteroatoms. The van der Waals surface area contributed by atoms with Crippen LogP contribution in [0.4, 0.5) is 5.69 Å². The molecule has 2 N–H and O–H groups in total. The first kappa shape index (κ1) is 20.0.